The van der Waals surface area contributed by atoms with Crippen LogP contribution in [0.1, 0.15) is 10.5 Å². The third-order valence-corrected chi connectivity index (χ3v) is 2.68. The van der Waals surface area contributed by atoms with E-state index in [2.05, 4.69) is 10.3 Å². The van der Waals surface area contributed by atoms with Gasteiger partial charge in [0.1, 0.15) is 12.4 Å². The number of carbonyl (C=O) groups is 1. The summed E-state index contributed by atoms with van der Waals surface area (Å²) in [5.74, 6) is -0.328. The van der Waals surface area contributed by atoms with E-state index in [1.807, 2.05) is 43.3 Å². The third kappa shape index (κ3) is 3.47. The topological polar surface area (TPSA) is 80.5 Å². The standard InChI is InChI=1S/C13H16N4O3/c1-16(2)10-4-3-5-11(8-10)20-7-6-17-9-12(13(18)19)14-15-17/h3-5,8-9H,6-7H2,1-2H3,(H,18,19). The van der Waals surface area contributed by atoms with Crippen LogP contribution in [-0.2, 0) is 6.54 Å². The molecule has 0 aliphatic heterocycles. The van der Waals surface area contributed by atoms with Crippen LogP contribution in [0.4, 0.5) is 5.69 Å². The van der Waals surface area contributed by atoms with Gasteiger partial charge in [0.25, 0.3) is 0 Å². The van der Waals surface area contributed by atoms with Crippen molar-refractivity contribution >= 4 is 11.7 Å². The smallest absolute Gasteiger partial charge is 0.358 e. The summed E-state index contributed by atoms with van der Waals surface area (Å²) in [6, 6.07) is 7.72. The molecule has 0 aliphatic carbocycles. The van der Waals surface area contributed by atoms with Crippen molar-refractivity contribution in [2.45, 2.75) is 6.54 Å². The zero-order chi connectivity index (χ0) is 14.5. The van der Waals surface area contributed by atoms with Gasteiger partial charge in [0, 0.05) is 25.8 Å². The number of aromatic carboxylic acids is 1. The van der Waals surface area contributed by atoms with Crippen molar-refractivity contribution in [3.63, 3.8) is 0 Å². The fourth-order valence-corrected chi connectivity index (χ4v) is 1.61. The van der Waals surface area contributed by atoms with Crippen LogP contribution in [0.3, 0.4) is 0 Å². The lowest BCUT2D eigenvalue weighted by Crippen LogP contribution is -2.10. The summed E-state index contributed by atoms with van der Waals surface area (Å²) in [6.07, 6.45) is 1.38. The minimum absolute atomic E-state index is 0.0698. The van der Waals surface area contributed by atoms with Gasteiger partial charge in [0.15, 0.2) is 5.69 Å². The quantitative estimate of drug-likeness (QED) is 0.851. The average molecular weight is 276 g/mol. The van der Waals surface area contributed by atoms with E-state index in [0.29, 0.717) is 13.2 Å². The Morgan fingerprint density at radius 1 is 1.45 bits per heavy atom. The molecule has 2 rings (SSSR count). The molecule has 0 unspecified atom stereocenters. The van der Waals surface area contributed by atoms with Gasteiger partial charge < -0.3 is 14.7 Å². The number of rotatable bonds is 6. The van der Waals surface area contributed by atoms with Crippen LogP contribution in [0.15, 0.2) is 30.5 Å². The normalized spacial score (nSPS) is 10.3. The predicted molar refractivity (Wildman–Crippen MR) is 73.2 cm³/mol. The van der Waals surface area contributed by atoms with Gasteiger partial charge in [-0.15, -0.1) is 5.10 Å². The molecule has 1 aromatic carbocycles. The first kappa shape index (κ1) is 13.9. The first-order valence-electron chi connectivity index (χ1n) is 6.10. The molecule has 0 aliphatic rings. The number of nitrogens with zero attached hydrogens (tertiary/aromatic N) is 4. The summed E-state index contributed by atoms with van der Waals surface area (Å²) in [6.45, 7) is 0.825. The Morgan fingerprint density at radius 2 is 2.25 bits per heavy atom. The highest BCUT2D eigenvalue weighted by Crippen LogP contribution is 2.19. The molecule has 7 nitrogen and oxygen atoms in total. The fourth-order valence-electron chi connectivity index (χ4n) is 1.61. The first-order chi connectivity index (χ1) is 9.56. The Labute approximate surface area is 116 Å². The van der Waals surface area contributed by atoms with Crippen LogP contribution in [0.5, 0.6) is 5.75 Å². The Morgan fingerprint density at radius 3 is 2.90 bits per heavy atom. The SMILES string of the molecule is CN(C)c1cccc(OCCn2cc(C(=O)O)nn2)c1. The van der Waals surface area contributed by atoms with E-state index in [9.17, 15) is 4.79 Å². The van der Waals surface area contributed by atoms with Crippen molar-refractivity contribution in [1.82, 2.24) is 15.0 Å². The number of ether oxygens (including phenoxy) is 1. The van der Waals surface area contributed by atoms with Crippen LogP contribution < -0.4 is 9.64 Å². The first-order valence-corrected chi connectivity index (χ1v) is 6.10. The van der Waals surface area contributed by atoms with Crippen molar-refractivity contribution in [3.8, 4) is 5.75 Å². The molecule has 1 N–H and O–H groups in total. The third-order valence-electron chi connectivity index (χ3n) is 2.68. The van der Waals surface area contributed by atoms with E-state index in [1.165, 1.54) is 10.9 Å². The van der Waals surface area contributed by atoms with Crippen molar-refractivity contribution in [2.75, 3.05) is 25.6 Å². The molecule has 106 valence electrons. The Bertz CT molecular complexity index is 595. The lowest BCUT2D eigenvalue weighted by molar-refractivity contribution is 0.0690. The number of benzene rings is 1. The van der Waals surface area contributed by atoms with E-state index in [-0.39, 0.29) is 5.69 Å². The van der Waals surface area contributed by atoms with E-state index in [1.54, 1.807) is 0 Å². The van der Waals surface area contributed by atoms with Crippen LogP contribution in [-0.4, -0.2) is 46.8 Å². The second kappa shape index (κ2) is 6.05. The van der Waals surface area contributed by atoms with Crippen molar-refractivity contribution in [2.24, 2.45) is 0 Å². The molecule has 2 aromatic rings. The molecule has 0 amide bonds. The monoisotopic (exact) mass is 276 g/mol. The van der Waals surface area contributed by atoms with Gasteiger partial charge in [-0.2, -0.15) is 0 Å². The Balaban J connectivity index is 1.89. The number of aromatic nitrogens is 3. The summed E-state index contributed by atoms with van der Waals surface area (Å²) >= 11 is 0. The van der Waals surface area contributed by atoms with Crippen LogP contribution in [0, 0.1) is 0 Å². The van der Waals surface area contributed by atoms with Crippen molar-refractivity contribution < 1.29 is 14.6 Å². The van der Waals surface area contributed by atoms with Gasteiger partial charge >= 0.3 is 5.97 Å². The van der Waals surface area contributed by atoms with Gasteiger partial charge in [-0.25, -0.2) is 9.48 Å². The minimum atomic E-state index is -1.09. The van der Waals surface area contributed by atoms with E-state index in [0.717, 1.165) is 11.4 Å². The lowest BCUT2D eigenvalue weighted by Gasteiger charge is -2.14. The maximum atomic E-state index is 10.7. The van der Waals surface area contributed by atoms with Gasteiger partial charge in [0.05, 0.1) is 12.7 Å². The fraction of sp³-hybridized carbons (Fsp3) is 0.308. The molecule has 0 radical (unpaired) electrons. The zero-order valence-electron chi connectivity index (χ0n) is 11.4. The number of anilines is 1. The molecular weight excluding hydrogens is 260 g/mol. The molecule has 1 heterocycles. The van der Waals surface area contributed by atoms with Crippen LogP contribution >= 0.6 is 0 Å². The second-order valence-electron chi connectivity index (χ2n) is 4.41. The molecule has 20 heavy (non-hydrogen) atoms. The Kier molecular flexibility index (Phi) is 4.19. The molecule has 0 saturated carbocycles. The van der Waals surface area contributed by atoms with Gasteiger partial charge in [-0.05, 0) is 12.1 Å². The minimum Gasteiger partial charge on any atom is -0.492 e. The second-order valence-corrected chi connectivity index (χ2v) is 4.41. The molecule has 0 spiro atoms. The maximum absolute atomic E-state index is 10.7. The summed E-state index contributed by atoms with van der Waals surface area (Å²) in [4.78, 5) is 12.6. The van der Waals surface area contributed by atoms with E-state index in [4.69, 9.17) is 9.84 Å². The maximum Gasteiger partial charge on any atom is 0.358 e. The lowest BCUT2D eigenvalue weighted by atomic mass is 10.3. The number of carboxylic acid groups (broad SMARTS) is 1. The largest absolute Gasteiger partial charge is 0.492 e. The van der Waals surface area contributed by atoms with Gasteiger partial charge in [-0.3, -0.25) is 0 Å². The predicted octanol–water partition coefficient (Wildman–Crippen LogP) is 1.12. The van der Waals surface area contributed by atoms with Crippen molar-refractivity contribution in [1.29, 1.82) is 0 Å². The molecule has 0 fully saturated rings. The molecule has 0 bridgehead atoms. The summed E-state index contributed by atoms with van der Waals surface area (Å²) in [7, 11) is 3.92. The van der Waals surface area contributed by atoms with Crippen LogP contribution in [0.25, 0.3) is 0 Å². The molecule has 0 atom stereocenters. The summed E-state index contributed by atoms with van der Waals surface area (Å²) < 4.78 is 7.05. The van der Waals surface area contributed by atoms with E-state index >= 15 is 0 Å². The van der Waals surface area contributed by atoms with Gasteiger partial charge in [-0.1, -0.05) is 11.3 Å². The average Bonchev–Trinajstić information content (AvgIpc) is 2.88. The molecule has 0 saturated heterocycles. The molecule has 1 aromatic heterocycles. The van der Waals surface area contributed by atoms with Gasteiger partial charge in [0.2, 0.25) is 0 Å². The van der Waals surface area contributed by atoms with Crippen LogP contribution in [0.2, 0.25) is 0 Å². The highest BCUT2D eigenvalue weighted by molar-refractivity contribution is 5.84. The molecular formula is C13H16N4O3. The van der Waals surface area contributed by atoms with Crippen molar-refractivity contribution in [3.05, 3.63) is 36.2 Å². The van der Waals surface area contributed by atoms with E-state index < -0.39 is 5.97 Å². The summed E-state index contributed by atoms with van der Waals surface area (Å²) in [5, 5.41) is 16.0. The summed E-state index contributed by atoms with van der Waals surface area (Å²) in [5.41, 5.74) is 0.982. The Hall–Kier alpha value is -2.57. The number of hydrogen-bond acceptors (Lipinski definition) is 5. The highest BCUT2D eigenvalue weighted by Gasteiger charge is 2.07. The zero-order valence-corrected chi connectivity index (χ0v) is 11.4. The number of hydrogen-bond donors (Lipinski definition) is 1. The number of carboxylic acids is 1. The molecule has 7 heteroatoms. The highest BCUT2D eigenvalue weighted by atomic mass is 16.5.